The van der Waals surface area contributed by atoms with E-state index in [0.29, 0.717) is 6.54 Å². The van der Waals surface area contributed by atoms with E-state index in [4.69, 9.17) is 4.74 Å². The van der Waals surface area contributed by atoms with Crippen LogP contribution in [0.25, 0.3) is 0 Å². The standard InChI is InChI=1S/C6H9N3O3/c1-4-2-8-3-5(9(10)11)7-6(8)12-4/h3-4,6-7H,2H2,1H3/t4-,6?/m1/s1. The molecule has 0 aliphatic carbocycles. The monoisotopic (exact) mass is 171 g/mol. The van der Waals surface area contributed by atoms with Gasteiger partial charge in [0.25, 0.3) is 6.35 Å². The molecule has 0 aromatic rings. The first kappa shape index (κ1) is 7.35. The first-order valence-electron chi connectivity index (χ1n) is 3.71. The Kier molecular flexibility index (Phi) is 1.44. The molecule has 1 N–H and O–H groups in total. The van der Waals surface area contributed by atoms with Crippen molar-refractivity contribution >= 4 is 0 Å². The number of nitrogens with zero attached hydrogens (tertiary/aromatic N) is 2. The summed E-state index contributed by atoms with van der Waals surface area (Å²) in [4.78, 5) is 11.6. The number of hydrogen-bond acceptors (Lipinski definition) is 5. The highest BCUT2D eigenvalue weighted by Crippen LogP contribution is 2.20. The lowest BCUT2D eigenvalue weighted by molar-refractivity contribution is -0.432. The molecule has 0 amide bonds. The van der Waals surface area contributed by atoms with Crippen LogP contribution in [0.2, 0.25) is 0 Å². The van der Waals surface area contributed by atoms with Gasteiger partial charge in [0.15, 0.2) is 0 Å². The number of ether oxygens (including phenoxy) is 1. The van der Waals surface area contributed by atoms with Gasteiger partial charge in [0.2, 0.25) is 0 Å². The van der Waals surface area contributed by atoms with Gasteiger partial charge in [-0.2, -0.15) is 0 Å². The average molecular weight is 171 g/mol. The highest BCUT2D eigenvalue weighted by atomic mass is 16.6. The number of nitrogens with one attached hydrogen (secondary N) is 1. The fourth-order valence-corrected chi connectivity index (χ4v) is 1.39. The van der Waals surface area contributed by atoms with Gasteiger partial charge >= 0.3 is 5.82 Å². The summed E-state index contributed by atoms with van der Waals surface area (Å²) in [7, 11) is 0. The van der Waals surface area contributed by atoms with E-state index in [0.717, 1.165) is 0 Å². The summed E-state index contributed by atoms with van der Waals surface area (Å²) in [5, 5.41) is 13.0. The highest BCUT2D eigenvalue weighted by molar-refractivity contribution is 5.01. The molecule has 0 bridgehead atoms. The molecule has 2 atom stereocenters. The molecule has 0 saturated carbocycles. The van der Waals surface area contributed by atoms with Gasteiger partial charge in [0.05, 0.1) is 18.8 Å². The van der Waals surface area contributed by atoms with Gasteiger partial charge in [0, 0.05) is 0 Å². The fraction of sp³-hybridized carbons (Fsp3) is 0.667. The maximum absolute atomic E-state index is 10.3. The third kappa shape index (κ3) is 1.00. The molecular weight excluding hydrogens is 162 g/mol. The van der Waals surface area contributed by atoms with Crippen molar-refractivity contribution in [3.63, 3.8) is 0 Å². The Morgan fingerprint density at radius 2 is 2.67 bits per heavy atom. The van der Waals surface area contributed by atoms with Gasteiger partial charge in [-0.25, -0.2) is 5.32 Å². The lowest BCUT2D eigenvalue weighted by Gasteiger charge is -2.07. The third-order valence-corrected chi connectivity index (χ3v) is 1.89. The van der Waals surface area contributed by atoms with E-state index in [1.54, 1.807) is 4.90 Å². The largest absolute Gasteiger partial charge is 0.358 e. The van der Waals surface area contributed by atoms with Crippen molar-refractivity contribution in [1.29, 1.82) is 0 Å². The normalized spacial score (nSPS) is 32.8. The van der Waals surface area contributed by atoms with E-state index in [2.05, 4.69) is 5.32 Å². The van der Waals surface area contributed by atoms with Gasteiger partial charge in [0.1, 0.15) is 0 Å². The van der Waals surface area contributed by atoms with Gasteiger partial charge in [-0.15, -0.1) is 0 Å². The SMILES string of the molecule is C[C@@H]1CN2C=C([N+](=O)[O-])NC2O1. The molecule has 1 unspecified atom stereocenters. The zero-order valence-corrected chi connectivity index (χ0v) is 6.56. The van der Waals surface area contributed by atoms with Gasteiger partial charge in [-0.1, -0.05) is 0 Å². The third-order valence-electron chi connectivity index (χ3n) is 1.89. The molecule has 0 aromatic heterocycles. The smallest absolute Gasteiger partial charge is 0.335 e. The minimum absolute atomic E-state index is 0.00639. The summed E-state index contributed by atoms with van der Waals surface area (Å²) in [6.07, 6.45) is 1.28. The number of rotatable bonds is 1. The zero-order valence-electron chi connectivity index (χ0n) is 6.56. The van der Waals surface area contributed by atoms with Crippen LogP contribution in [-0.2, 0) is 4.74 Å². The molecule has 2 aliphatic heterocycles. The highest BCUT2D eigenvalue weighted by Gasteiger charge is 2.39. The van der Waals surface area contributed by atoms with E-state index in [1.165, 1.54) is 6.20 Å². The molecule has 1 fully saturated rings. The molecule has 6 heteroatoms. The summed E-state index contributed by atoms with van der Waals surface area (Å²) >= 11 is 0. The maximum atomic E-state index is 10.3. The molecule has 2 heterocycles. The van der Waals surface area contributed by atoms with Crippen LogP contribution in [0.5, 0.6) is 0 Å². The Labute approximate surface area is 68.9 Å². The minimum atomic E-state index is -0.452. The Hall–Kier alpha value is -1.30. The molecule has 0 radical (unpaired) electrons. The van der Waals surface area contributed by atoms with Crippen molar-refractivity contribution in [2.75, 3.05) is 6.54 Å². The second kappa shape index (κ2) is 2.34. The van der Waals surface area contributed by atoms with Gasteiger partial charge in [-0.3, -0.25) is 0 Å². The van der Waals surface area contributed by atoms with E-state index in [-0.39, 0.29) is 18.3 Å². The average Bonchev–Trinajstić information content (AvgIpc) is 2.42. The molecule has 1 saturated heterocycles. The molecule has 6 nitrogen and oxygen atoms in total. The fourth-order valence-electron chi connectivity index (χ4n) is 1.39. The number of nitro groups is 1. The Morgan fingerprint density at radius 3 is 3.25 bits per heavy atom. The molecule has 12 heavy (non-hydrogen) atoms. The number of fused-ring (bicyclic) bond motifs is 1. The Bertz CT molecular complexity index is 252. The summed E-state index contributed by atoms with van der Waals surface area (Å²) in [5.41, 5.74) is 0. The number of hydrogen-bond donors (Lipinski definition) is 1. The van der Waals surface area contributed by atoms with Crippen LogP contribution in [0.4, 0.5) is 0 Å². The Morgan fingerprint density at radius 1 is 1.92 bits per heavy atom. The summed E-state index contributed by atoms with van der Waals surface area (Å²) in [6, 6.07) is 0. The van der Waals surface area contributed by atoms with Crippen molar-refractivity contribution in [2.45, 2.75) is 19.4 Å². The van der Waals surface area contributed by atoms with Crippen LogP contribution in [0.1, 0.15) is 6.92 Å². The molecule has 0 spiro atoms. The first-order chi connectivity index (χ1) is 5.66. The quantitative estimate of drug-likeness (QED) is 0.432. The molecule has 66 valence electrons. The maximum Gasteiger partial charge on any atom is 0.335 e. The topological polar surface area (TPSA) is 67.6 Å². The van der Waals surface area contributed by atoms with Crippen LogP contribution in [-0.4, -0.2) is 28.8 Å². The van der Waals surface area contributed by atoms with Gasteiger partial charge in [-0.05, 0) is 11.8 Å². The van der Waals surface area contributed by atoms with Crippen molar-refractivity contribution in [2.24, 2.45) is 0 Å². The molecule has 2 rings (SSSR count). The lowest BCUT2D eigenvalue weighted by Crippen LogP contribution is -2.32. The summed E-state index contributed by atoms with van der Waals surface area (Å²) in [6.45, 7) is 2.63. The summed E-state index contributed by atoms with van der Waals surface area (Å²) in [5.74, 6) is 0.00639. The van der Waals surface area contributed by atoms with Crippen molar-refractivity contribution in [1.82, 2.24) is 10.2 Å². The Balaban J connectivity index is 2.10. The van der Waals surface area contributed by atoms with Crippen LogP contribution >= 0.6 is 0 Å². The van der Waals surface area contributed by atoms with E-state index in [9.17, 15) is 10.1 Å². The van der Waals surface area contributed by atoms with E-state index >= 15 is 0 Å². The first-order valence-corrected chi connectivity index (χ1v) is 3.71. The second-order valence-electron chi connectivity index (χ2n) is 2.91. The zero-order chi connectivity index (χ0) is 8.72. The van der Waals surface area contributed by atoms with Crippen molar-refractivity contribution in [3.8, 4) is 0 Å². The minimum Gasteiger partial charge on any atom is -0.358 e. The van der Waals surface area contributed by atoms with Crippen LogP contribution in [0.3, 0.4) is 0 Å². The van der Waals surface area contributed by atoms with Crippen LogP contribution in [0.15, 0.2) is 12.0 Å². The lowest BCUT2D eigenvalue weighted by atomic mass is 10.4. The second-order valence-corrected chi connectivity index (χ2v) is 2.91. The molecule has 2 aliphatic rings. The van der Waals surface area contributed by atoms with E-state index < -0.39 is 4.92 Å². The van der Waals surface area contributed by atoms with Gasteiger partial charge < -0.3 is 19.8 Å². The predicted molar refractivity (Wildman–Crippen MR) is 39.3 cm³/mol. The summed E-state index contributed by atoms with van der Waals surface area (Å²) < 4.78 is 5.32. The predicted octanol–water partition coefficient (Wildman–Crippen LogP) is -0.330. The molecular formula is C6H9N3O3. The van der Waals surface area contributed by atoms with Crippen molar-refractivity contribution < 1.29 is 9.66 Å². The van der Waals surface area contributed by atoms with Crippen molar-refractivity contribution in [3.05, 3.63) is 22.1 Å². The van der Waals surface area contributed by atoms with Crippen LogP contribution in [0, 0.1) is 10.1 Å². The van der Waals surface area contributed by atoms with E-state index in [1.807, 2.05) is 6.92 Å². The molecule has 0 aromatic carbocycles. The van der Waals surface area contributed by atoms with Crippen LogP contribution < -0.4 is 5.32 Å².